The number of carbonyl (C=O) groups is 1. The van der Waals surface area contributed by atoms with E-state index >= 15 is 0 Å². The van der Waals surface area contributed by atoms with Crippen LogP contribution in [0.1, 0.15) is 17.5 Å². The fourth-order valence-corrected chi connectivity index (χ4v) is 2.45. The number of ether oxygens (including phenoxy) is 1. The van der Waals surface area contributed by atoms with Crippen molar-refractivity contribution in [2.45, 2.75) is 26.9 Å². The molecule has 2 rings (SSSR count). The van der Waals surface area contributed by atoms with Crippen molar-refractivity contribution in [2.75, 3.05) is 5.32 Å². The monoisotopic (exact) mass is 310 g/mol. The number of nitrogens with one attached hydrogen (secondary N) is 1. The molecule has 0 aliphatic carbocycles. The molecule has 106 valence electrons. The van der Waals surface area contributed by atoms with Crippen molar-refractivity contribution in [3.8, 4) is 5.75 Å². The average Bonchev–Trinajstić information content (AvgIpc) is 2.71. The zero-order valence-electron chi connectivity index (χ0n) is 11.4. The lowest BCUT2D eigenvalue weighted by Crippen LogP contribution is -2.30. The van der Waals surface area contributed by atoms with Gasteiger partial charge in [-0.3, -0.25) is 10.1 Å². The maximum atomic E-state index is 12.0. The number of amides is 1. The molecule has 0 spiro atoms. The Bertz CT molecular complexity index is 591. The summed E-state index contributed by atoms with van der Waals surface area (Å²) < 4.78 is 5.55. The molecule has 0 fully saturated rings. The quantitative estimate of drug-likeness (QED) is 0.934. The normalized spacial score (nSPS) is 12.0. The zero-order valence-corrected chi connectivity index (χ0v) is 13.0. The van der Waals surface area contributed by atoms with Crippen LogP contribution in [0.25, 0.3) is 0 Å². The third kappa shape index (κ3) is 3.71. The number of rotatable bonds is 4. The molecule has 0 radical (unpaired) electrons. The van der Waals surface area contributed by atoms with Gasteiger partial charge in [-0.1, -0.05) is 11.6 Å². The highest BCUT2D eigenvalue weighted by atomic mass is 35.5. The fourth-order valence-electron chi connectivity index (χ4n) is 1.50. The SMILES string of the molecule is Cc1nc(NC(=O)C(C)Oc2ccc(Cl)cc2)sc1C. The number of carbonyl (C=O) groups excluding carboxylic acids is 1. The summed E-state index contributed by atoms with van der Waals surface area (Å²) in [6, 6.07) is 6.89. The Morgan fingerprint density at radius 3 is 2.55 bits per heavy atom. The third-order valence-electron chi connectivity index (χ3n) is 2.75. The molecule has 0 bridgehead atoms. The molecule has 1 heterocycles. The third-order valence-corrected chi connectivity index (χ3v) is 3.99. The van der Waals surface area contributed by atoms with E-state index in [1.54, 1.807) is 31.2 Å². The Morgan fingerprint density at radius 1 is 1.35 bits per heavy atom. The predicted octanol–water partition coefficient (Wildman–Crippen LogP) is 3.82. The van der Waals surface area contributed by atoms with Gasteiger partial charge in [-0.25, -0.2) is 4.98 Å². The lowest BCUT2D eigenvalue weighted by atomic mass is 10.3. The van der Waals surface area contributed by atoms with Gasteiger partial charge < -0.3 is 4.74 Å². The fraction of sp³-hybridized carbons (Fsp3) is 0.286. The van der Waals surface area contributed by atoms with Crippen molar-refractivity contribution in [2.24, 2.45) is 0 Å². The van der Waals surface area contributed by atoms with Crippen LogP contribution in [-0.2, 0) is 4.79 Å². The van der Waals surface area contributed by atoms with E-state index in [0.717, 1.165) is 10.6 Å². The number of halogens is 1. The van der Waals surface area contributed by atoms with Crippen LogP contribution in [0.5, 0.6) is 5.75 Å². The molecular formula is C14H15ClN2O2S. The molecule has 1 aromatic heterocycles. The molecule has 1 unspecified atom stereocenters. The second kappa shape index (κ2) is 6.24. The summed E-state index contributed by atoms with van der Waals surface area (Å²) in [4.78, 5) is 17.4. The van der Waals surface area contributed by atoms with Crippen LogP contribution in [0.2, 0.25) is 5.02 Å². The Kier molecular flexibility index (Phi) is 4.62. The van der Waals surface area contributed by atoms with E-state index in [4.69, 9.17) is 16.3 Å². The maximum absolute atomic E-state index is 12.0. The van der Waals surface area contributed by atoms with Crippen LogP contribution in [0.15, 0.2) is 24.3 Å². The van der Waals surface area contributed by atoms with Gasteiger partial charge in [0.15, 0.2) is 11.2 Å². The highest BCUT2D eigenvalue weighted by Gasteiger charge is 2.16. The first-order valence-corrected chi connectivity index (χ1v) is 7.32. The zero-order chi connectivity index (χ0) is 14.7. The van der Waals surface area contributed by atoms with Crippen LogP contribution in [0.3, 0.4) is 0 Å². The minimum Gasteiger partial charge on any atom is -0.481 e. The summed E-state index contributed by atoms with van der Waals surface area (Å²) >= 11 is 7.25. The summed E-state index contributed by atoms with van der Waals surface area (Å²) in [5, 5.41) is 3.97. The first kappa shape index (κ1) is 14.8. The number of benzene rings is 1. The number of anilines is 1. The van der Waals surface area contributed by atoms with Crippen LogP contribution >= 0.6 is 22.9 Å². The summed E-state index contributed by atoms with van der Waals surface area (Å²) in [6.07, 6.45) is -0.610. The van der Waals surface area contributed by atoms with Gasteiger partial charge in [-0.05, 0) is 45.0 Å². The average molecular weight is 311 g/mol. The standard InChI is InChI=1S/C14H15ClN2O2S/c1-8-10(3)20-14(16-8)17-13(18)9(2)19-12-6-4-11(15)5-7-12/h4-7,9H,1-3H3,(H,16,17,18). The van der Waals surface area contributed by atoms with Crippen molar-refractivity contribution >= 4 is 34.0 Å². The van der Waals surface area contributed by atoms with Crippen molar-refractivity contribution in [1.82, 2.24) is 4.98 Å². The summed E-state index contributed by atoms with van der Waals surface area (Å²) in [5.41, 5.74) is 0.927. The molecule has 1 N–H and O–H groups in total. The number of aryl methyl sites for hydroxylation is 2. The van der Waals surface area contributed by atoms with E-state index < -0.39 is 6.10 Å². The number of aromatic nitrogens is 1. The number of nitrogens with zero attached hydrogens (tertiary/aromatic N) is 1. The molecule has 2 aromatic rings. The van der Waals surface area contributed by atoms with E-state index in [9.17, 15) is 4.79 Å². The molecule has 20 heavy (non-hydrogen) atoms. The van der Waals surface area contributed by atoms with E-state index in [1.807, 2.05) is 13.8 Å². The van der Waals surface area contributed by atoms with Gasteiger partial charge in [0.05, 0.1) is 5.69 Å². The number of hydrogen-bond donors (Lipinski definition) is 1. The molecule has 0 saturated heterocycles. The number of hydrogen-bond acceptors (Lipinski definition) is 4. The van der Waals surface area contributed by atoms with Crippen molar-refractivity contribution in [3.05, 3.63) is 39.9 Å². The van der Waals surface area contributed by atoms with Crippen LogP contribution in [-0.4, -0.2) is 17.0 Å². The molecule has 4 nitrogen and oxygen atoms in total. The molecule has 0 aliphatic rings. The highest BCUT2D eigenvalue weighted by Crippen LogP contribution is 2.22. The molecule has 1 atom stereocenters. The lowest BCUT2D eigenvalue weighted by molar-refractivity contribution is -0.122. The second-order valence-electron chi connectivity index (χ2n) is 4.36. The Labute approximate surface area is 126 Å². The van der Waals surface area contributed by atoms with Crippen LogP contribution in [0, 0.1) is 13.8 Å². The van der Waals surface area contributed by atoms with Crippen LogP contribution in [0.4, 0.5) is 5.13 Å². The molecular weight excluding hydrogens is 296 g/mol. The first-order chi connectivity index (χ1) is 9.45. The minimum atomic E-state index is -0.610. The largest absolute Gasteiger partial charge is 0.481 e. The summed E-state index contributed by atoms with van der Waals surface area (Å²) in [7, 11) is 0. The minimum absolute atomic E-state index is 0.228. The van der Waals surface area contributed by atoms with Crippen LogP contribution < -0.4 is 10.1 Å². The maximum Gasteiger partial charge on any atom is 0.266 e. The smallest absolute Gasteiger partial charge is 0.266 e. The first-order valence-electron chi connectivity index (χ1n) is 6.13. The Hall–Kier alpha value is -1.59. The summed E-state index contributed by atoms with van der Waals surface area (Å²) in [5.74, 6) is 0.372. The van der Waals surface area contributed by atoms with Gasteiger partial charge in [-0.2, -0.15) is 0 Å². The van der Waals surface area contributed by atoms with E-state index in [1.165, 1.54) is 11.3 Å². The second-order valence-corrected chi connectivity index (χ2v) is 6.00. The van der Waals surface area contributed by atoms with Gasteiger partial charge in [0.2, 0.25) is 0 Å². The Balaban J connectivity index is 1.96. The number of thiazole rings is 1. The van der Waals surface area contributed by atoms with E-state index in [-0.39, 0.29) is 5.91 Å². The van der Waals surface area contributed by atoms with Crippen molar-refractivity contribution < 1.29 is 9.53 Å². The topological polar surface area (TPSA) is 51.2 Å². The molecule has 0 aliphatic heterocycles. The van der Waals surface area contributed by atoms with Crippen molar-refractivity contribution in [1.29, 1.82) is 0 Å². The Morgan fingerprint density at radius 2 is 2.00 bits per heavy atom. The van der Waals surface area contributed by atoms with Gasteiger partial charge in [0, 0.05) is 9.90 Å². The molecule has 0 saturated carbocycles. The predicted molar refractivity (Wildman–Crippen MR) is 81.8 cm³/mol. The van der Waals surface area contributed by atoms with Crippen molar-refractivity contribution in [3.63, 3.8) is 0 Å². The lowest BCUT2D eigenvalue weighted by Gasteiger charge is -2.13. The molecule has 6 heteroatoms. The van der Waals surface area contributed by atoms with Gasteiger partial charge >= 0.3 is 0 Å². The highest BCUT2D eigenvalue weighted by molar-refractivity contribution is 7.15. The van der Waals surface area contributed by atoms with Gasteiger partial charge in [-0.15, -0.1) is 11.3 Å². The van der Waals surface area contributed by atoms with E-state index in [2.05, 4.69) is 10.3 Å². The molecule has 1 aromatic carbocycles. The summed E-state index contributed by atoms with van der Waals surface area (Å²) in [6.45, 7) is 5.57. The molecule has 1 amide bonds. The van der Waals surface area contributed by atoms with E-state index in [0.29, 0.717) is 15.9 Å². The van der Waals surface area contributed by atoms with Gasteiger partial charge in [0.25, 0.3) is 5.91 Å². The van der Waals surface area contributed by atoms with Gasteiger partial charge in [0.1, 0.15) is 5.75 Å².